The van der Waals surface area contributed by atoms with Gasteiger partial charge in [0.1, 0.15) is 18.1 Å². The number of likely N-dealkylation sites (tertiary alicyclic amines) is 1. The minimum Gasteiger partial charge on any atom is -0.468 e. The molecule has 4 heterocycles. The number of ether oxygens (including phenoxy) is 1. The van der Waals surface area contributed by atoms with Gasteiger partial charge in [-0.3, -0.25) is 9.69 Å². The molecule has 1 radical (unpaired) electrons. The second-order valence-electron chi connectivity index (χ2n) is 15.1. The summed E-state index contributed by atoms with van der Waals surface area (Å²) >= 11 is 0. The third-order valence-electron chi connectivity index (χ3n) is 10.3. The monoisotopic (exact) mass is 683 g/mol. The highest BCUT2D eigenvalue weighted by atomic mass is 28.4. The maximum atomic E-state index is 11.7. The standard InChI is InChI=1S/C35H48BN8O4Si/c1-24-15-30(44(41-24)19-25-10-13-42(14-11-25)20-31(46)47-6)40-33-38-12-9-29(39-33)26-16-27(18-37)32-28(17-26)35(5,21-43(32)36-23-45)22-48-49(7,8)34(2,3)4/h9,12,15-17,23,25H,10-11,13-14,19-22H2,1-8H3,(H,38,39,40)/t35-/m1/s1. The van der Waals surface area contributed by atoms with Gasteiger partial charge in [-0.15, -0.1) is 0 Å². The molecule has 2 aliphatic heterocycles. The molecule has 14 heteroatoms. The molecular formula is C35H48BN8O4Si. The van der Waals surface area contributed by atoms with Gasteiger partial charge < -0.3 is 24.1 Å². The van der Waals surface area contributed by atoms with Gasteiger partial charge >= 0.3 is 13.4 Å². The molecule has 3 aromatic rings. The molecule has 2 aliphatic rings. The van der Waals surface area contributed by atoms with Crippen molar-refractivity contribution in [3.63, 3.8) is 0 Å². The van der Waals surface area contributed by atoms with E-state index < -0.39 is 13.7 Å². The summed E-state index contributed by atoms with van der Waals surface area (Å²) in [6, 6.07) is 10.1. The lowest BCUT2D eigenvalue weighted by atomic mass is 9.83. The molecule has 1 fully saturated rings. The second-order valence-corrected chi connectivity index (χ2v) is 19.9. The van der Waals surface area contributed by atoms with Gasteiger partial charge in [0.25, 0.3) is 0 Å². The number of piperidine rings is 1. The first-order valence-corrected chi connectivity index (χ1v) is 19.8. The van der Waals surface area contributed by atoms with Gasteiger partial charge in [-0.1, -0.05) is 27.7 Å². The molecule has 1 saturated heterocycles. The van der Waals surface area contributed by atoms with Crippen molar-refractivity contribution in [2.45, 2.75) is 77.6 Å². The van der Waals surface area contributed by atoms with Crippen molar-refractivity contribution in [2.24, 2.45) is 5.92 Å². The van der Waals surface area contributed by atoms with Crippen LogP contribution in [0.2, 0.25) is 18.1 Å². The fourth-order valence-electron chi connectivity index (χ4n) is 6.36. The van der Waals surface area contributed by atoms with Crippen LogP contribution in [0.1, 0.15) is 57.4 Å². The fourth-order valence-corrected chi connectivity index (χ4v) is 7.47. The Morgan fingerprint density at radius 1 is 1.24 bits per heavy atom. The first-order chi connectivity index (χ1) is 23.2. The molecule has 0 bridgehead atoms. The van der Waals surface area contributed by atoms with Gasteiger partial charge in [-0.05, 0) is 80.7 Å². The lowest BCUT2D eigenvalue weighted by molar-refractivity contribution is -0.142. The summed E-state index contributed by atoms with van der Waals surface area (Å²) in [6.45, 7) is 19.0. The molecule has 259 valence electrons. The quantitative estimate of drug-likeness (QED) is 0.156. The van der Waals surface area contributed by atoms with Crippen LogP contribution in [0.3, 0.4) is 0 Å². The molecular weight excluding hydrogens is 635 g/mol. The van der Waals surface area contributed by atoms with Crippen molar-refractivity contribution in [1.82, 2.24) is 24.6 Å². The normalized spacial score (nSPS) is 18.6. The smallest absolute Gasteiger partial charge is 0.329 e. The summed E-state index contributed by atoms with van der Waals surface area (Å²) in [5.74, 6) is 1.43. The molecule has 49 heavy (non-hydrogen) atoms. The summed E-state index contributed by atoms with van der Waals surface area (Å²) in [5.41, 5.74) is 4.05. The van der Waals surface area contributed by atoms with Crippen molar-refractivity contribution in [2.75, 3.05) is 50.0 Å². The molecule has 0 aliphatic carbocycles. The Kier molecular flexibility index (Phi) is 10.7. The molecule has 5 rings (SSSR count). The highest BCUT2D eigenvalue weighted by Crippen LogP contribution is 2.46. The zero-order valence-electron chi connectivity index (χ0n) is 30.0. The van der Waals surface area contributed by atoms with Gasteiger partial charge in [0.15, 0.2) is 8.32 Å². The zero-order chi connectivity index (χ0) is 35.6. The SMILES string of the molecule is COC(=O)CN1CCC(Cn2nc(C)cc2Nc2nccc(-c3cc(C#N)c4c(c3)[C@@](C)(CO[Si](C)(C)C(C)(C)C)CN4[B]C=O)n2)CC1. The van der Waals surface area contributed by atoms with E-state index in [0.717, 1.165) is 67.0 Å². The van der Waals surface area contributed by atoms with Gasteiger partial charge in [0, 0.05) is 48.6 Å². The third kappa shape index (κ3) is 8.06. The van der Waals surface area contributed by atoms with Crippen LogP contribution in [-0.2, 0) is 30.7 Å². The number of nitrogens with one attached hydrogen (secondary N) is 1. The Morgan fingerprint density at radius 2 is 1.98 bits per heavy atom. The van der Waals surface area contributed by atoms with Crippen LogP contribution < -0.4 is 10.1 Å². The minimum absolute atomic E-state index is 0.0423. The van der Waals surface area contributed by atoms with Crippen LogP contribution in [0.5, 0.6) is 0 Å². The maximum Gasteiger partial charge on any atom is 0.329 e. The van der Waals surface area contributed by atoms with Gasteiger partial charge in [-0.25, -0.2) is 14.6 Å². The van der Waals surface area contributed by atoms with E-state index in [0.29, 0.717) is 42.8 Å². The number of nitriles is 1. The van der Waals surface area contributed by atoms with Crippen molar-refractivity contribution < 1.29 is 18.8 Å². The van der Waals surface area contributed by atoms with E-state index in [9.17, 15) is 14.9 Å². The summed E-state index contributed by atoms with van der Waals surface area (Å²) < 4.78 is 13.5. The number of carbonyl (C=O) groups excluding carboxylic acids is 2. The predicted molar refractivity (Wildman–Crippen MR) is 194 cm³/mol. The Morgan fingerprint density at radius 3 is 2.63 bits per heavy atom. The first kappa shape index (κ1) is 36.2. The highest BCUT2D eigenvalue weighted by molar-refractivity contribution is 6.74. The van der Waals surface area contributed by atoms with Crippen molar-refractivity contribution in [3.8, 4) is 17.3 Å². The van der Waals surface area contributed by atoms with E-state index in [1.807, 2.05) is 34.6 Å². The van der Waals surface area contributed by atoms with E-state index in [1.165, 1.54) is 14.5 Å². The second kappa shape index (κ2) is 14.4. The number of benzene rings is 1. The number of hydrogen-bond acceptors (Lipinski definition) is 11. The molecule has 0 spiro atoms. The molecule has 1 atom stereocenters. The van der Waals surface area contributed by atoms with Crippen molar-refractivity contribution in [1.29, 1.82) is 5.26 Å². The van der Waals surface area contributed by atoms with Gasteiger partial charge in [0.2, 0.25) is 5.95 Å². The van der Waals surface area contributed by atoms with Crippen molar-refractivity contribution in [3.05, 3.63) is 47.3 Å². The number of nitrogens with zero attached hydrogens (tertiary/aromatic N) is 7. The first-order valence-electron chi connectivity index (χ1n) is 16.9. The van der Waals surface area contributed by atoms with E-state index in [4.69, 9.17) is 19.2 Å². The van der Waals surface area contributed by atoms with Gasteiger partial charge in [0.05, 0.1) is 30.6 Å². The Labute approximate surface area is 291 Å². The Balaban J connectivity index is 1.39. The Bertz CT molecular complexity index is 1730. The molecule has 0 amide bonds. The highest BCUT2D eigenvalue weighted by Gasteiger charge is 2.44. The molecule has 2 aromatic heterocycles. The average molecular weight is 684 g/mol. The zero-order valence-corrected chi connectivity index (χ0v) is 31.0. The van der Waals surface area contributed by atoms with Gasteiger partial charge in [-0.2, -0.15) is 10.4 Å². The van der Waals surface area contributed by atoms with Crippen LogP contribution in [0, 0.1) is 24.2 Å². The Hall–Kier alpha value is -4.06. The van der Waals surface area contributed by atoms with E-state index >= 15 is 0 Å². The largest absolute Gasteiger partial charge is 0.468 e. The molecule has 1 aromatic carbocycles. The summed E-state index contributed by atoms with van der Waals surface area (Å²) in [5, 5.41) is 18.5. The molecule has 12 nitrogen and oxygen atoms in total. The van der Waals surface area contributed by atoms with Crippen LogP contribution in [0.15, 0.2) is 30.5 Å². The van der Waals surface area contributed by atoms with Crippen molar-refractivity contribution >= 4 is 45.3 Å². The number of methoxy groups -OCH3 is 1. The number of anilines is 3. The number of hydrogen-bond donors (Lipinski definition) is 1. The third-order valence-corrected chi connectivity index (χ3v) is 14.8. The number of rotatable bonds is 12. The maximum absolute atomic E-state index is 11.7. The number of carbonyl (C=O) groups is 2. The van der Waals surface area contributed by atoms with Crippen LogP contribution in [0.25, 0.3) is 11.3 Å². The lowest BCUT2D eigenvalue weighted by Gasteiger charge is -2.39. The van der Waals surface area contributed by atoms with E-state index in [1.54, 1.807) is 6.20 Å². The lowest BCUT2D eigenvalue weighted by Crippen LogP contribution is -2.46. The van der Waals surface area contributed by atoms with Crippen LogP contribution >= 0.6 is 0 Å². The number of aromatic nitrogens is 4. The van der Waals surface area contributed by atoms with Crippen LogP contribution in [-0.4, -0.2) is 92.4 Å². The van der Waals surface area contributed by atoms with E-state index in [2.05, 4.69) is 68.1 Å². The number of fused-ring (bicyclic) bond motifs is 1. The topological polar surface area (TPSA) is 138 Å². The van der Waals surface area contributed by atoms with E-state index in [-0.39, 0.29) is 11.0 Å². The molecule has 1 N–H and O–H groups in total. The number of aryl methyl sites for hydroxylation is 1. The molecule has 0 saturated carbocycles. The summed E-state index contributed by atoms with van der Waals surface area (Å²) in [6.07, 6.45) is 4.40. The fraction of sp³-hybridized carbons (Fsp3) is 0.543. The average Bonchev–Trinajstić information content (AvgIpc) is 3.55. The molecule has 0 unspecified atom stereocenters. The summed E-state index contributed by atoms with van der Waals surface area (Å²) in [4.78, 5) is 36.7. The minimum atomic E-state index is -2.07. The number of esters is 1. The summed E-state index contributed by atoms with van der Waals surface area (Å²) in [7, 11) is 0.850. The predicted octanol–water partition coefficient (Wildman–Crippen LogP) is 5.06. The van der Waals surface area contributed by atoms with Crippen LogP contribution in [0.4, 0.5) is 17.5 Å².